The van der Waals surface area contributed by atoms with Crippen molar-refractivity contribution in [1.29, 1.82) is 0 Å². The van der Waals surface area contributed by atoms with Gasteiger partial charge in [-0.15, -0.1) is 0 Å². The third-order valence-electron chi connectivity index (χ3n) is 13.1. The highest BCUT2D eigenvalue weighted by Crippen LogP contribution is 2.49. The zero-order valence-corrected chi connectivity index (χ0v) is 36.5. The molecular weight excluding hydrogens is 839 g/mol. The number of nitrogens with zero attached hydrogens (tertiary/aromatic N) is 2. The summed E-state index contributed by atoms with van der Waals surface area (Å²) in [6, 6.07) is 44.3. The molecule has 1 amide bonds. The average Bonchev–Trinajstić information content (AvgIpc) is 3.91. The third-order valence-corrected chi connectivity index (χ3v) is 14.4. The lowest BCUT2D eigenvalue weighted by Crippen LogP contribution is -2.31. The first-order valence-corrected chi connectivity index (χ1v) is 23.7. The van der Waals surface area contributed by atoms with E-state index in [-0.39, 0.29) is 29.0 Å². The van der Waals surface area contributed by atoms with Crippen LogP contribution in [-0.2, 0) is 14.8 Å². The molecule has 0 spiro atoms. The molecule has 3 N–H and O–H groups in total. The molecule has 1 aromatic heterocycles. The number of hydrogen-bond acceptors (Lipinski definition) is 9. The van der Waals surface area contributed by atoms with E-state index in [0.29, 0.717) is 37.3 Å². The van der Waals surface area contributed by atoms with E-state index in [9.17, 15) is 23.3 Å². The quantitative estimate of drug-likeness (QED) is 0.0714. The van der Waals surface area contributed by atoms with Crippen LogP contribution in [0, 0.1) is 16.0 Å². The summed E-state index contributed by atoms with van der Waals surface area (Å²) in [5, 5.41) is 16.1. The molecule has 330 valence electrons. The summed E-state index contributed by atoms with van der Waals surface area (Å²) in [6.45, 7) is 2.62. The molecule has 0 radical (unpaired) electrons. The first kappa shape index (κ1) is 42.0. The number of H-pyrrole nitrogens is 1. The second-order valence-corrected chi connectivity index (χ2v) is 19.0. The molecular formula is C52H49N5O7S. The summed E-state index contributed by atoms with van der Waals surface area (Å²) < 4.78 is 41.5. The van der Waals surface area contributed by atoms with Crippen molar-refractivity contribution >= 4 is 43.9 Å². The average molecular weight is 888 g/mol. The minimum Gasteiger partial charge on any atom is -0.456 e. The van der Waals surface area contributed by atoms with Gasteiger partial charge in [0.2, 0.25) is 0 Å². The first-order chi connectivity index (χ1) is 31.7. The Morgan fingerprint density at radius 1 is 0.800 bits per heavy atom. The number of sulfonamides is 1. The number of rotatable bonds is 14. The van der Waals surface area contributed by atoms with Gasteiger partial charge < -0.3 is 24.7 Å². The number of nitro benzene ring substituents is 1. The van der Waals surface area contributed by atoms with Gasteiger partial charge in [0.25, 0.3) is 21.6 Å². The molecule has 13 heteroatoms. The first-order valence-electron chi connectivity index (χ1n) is 22.2. The highest BCUT2D eigenvalue weighted by molar-refractivity contribution is 7.90. The number of nitrogens with one attached hydrogen (secondary N) is 3. The number of fused-ring (bicyclic) bond motifs is 1. The Morgan fingerprint density at radius 2 is 1.55 bits per heavy atom. The van der Waals surface area contributed by atoms with E-state index < -0.39 is 31.4 Å². The molecule has 12 nitrogen and oxygen atoms in total. The second kappa shape index (κ2) is 17.9. The van der Waals surface area contributed by atoms with Crippen molar-refractivity contribution in [3.8, 4) is 22.6 Å². The minimum absolute atomic E-state index is 0.0338. The Kier molecular flexibility index (Phi) is 11.6. The molecule has 3 aliphatic rings. The zero-order valence-electron chi connectivity index (χ0n) is 35.7. The van der Waals surface area contributed by atoms with Crippen LogP contribution < -0.4 is 19.7 Å². The van der Waals surface area contributed by atoms with Crippen LogP contribution in [0.5, 0.6) is 11.5 Å². The number of aromatic amines is 1. The zero-order chi connectivity index (χ0) is 44.5. The van der Waals surface area contributed by atoms with Crippen molar-refractivity contribution in [1.82, 2.24) is 9.71 Å². The van der Waals surface area contributed by atoms with Crippen LogP contribution in [-0.4, -0.2) is 50.5 Å². The smallest absolute Gasteiger partial charge is 0.293 e. The minimum atomic E-state index is -4.57. The Bertz CT molecular complexity index is 2980. The molecule has 1 saturated carbocycles. The summed E-state index contributed by atoms with van der Waals surface area (Å²) in [6.07, 6.45) is 6.95. The fourth-order valence-electron chi connectivity index (χ4n) is 9.42. The van der Waals surface area contributed by atoms with Crippen LogP contribution in [0.2, 0.25) is 0 Å². The molecule has 6 aromatic carbocycles. The Labute approximate surface area is 377 Å². The van der Waals surface area contributed by atoms with Crippen molar-refractivity contribution in [2.45, 2.75) is 54.9 Å². The van der Waals surface area contributed by atoms with Crippen LogP contribution >= 0.6 is 0 Å². The molecule has 1 aliphatic carbocycles. The van der Waals surface area contributed by atoms with Gasteiger partial charge in [0.15, 0.2) is 0 Å². The number of carbonyl (C=O) groups excluding carboxylic acids is 1. The number of anilines is 2. The van der Waals surface area contributed by atoms with E-state index in [0.717, 1.165) is 59.6 Å². The van der Waals surface area contributed by atoms with Crippen molar-refractivity contribution in [3.63, 3.8) is 0 Å². The van der Waals surface area contributed by atoms with Gasteiger partial charge in [0.05, 0.1) is 21.4 Å². The van der Waals surface area contributed by atoms with Crippen LogP contribution in [0.1, 0.15) is 77.0 Å². The predicted molar refractivity (Wildman–Crippen MR) is 252 cm³/mol. The maximum atomic E-state index is 14.0. The highest BCUT2D eigenvalue weighted by atomic mass is 32.2. The number of carbonyl (C=O) groups is 1. The van der Waals surface area contributed by atoms with Gasteiger partial charge in [0.1, 0.15) is 17.2 Å². The number of ether oxygens (including phenoxy) is 2. The molecule has 7 aromatic rings. The standard InChI is InChI=1S/C52H49N5O7S/c58-52(55-65(61,62)43-18-21-48(50(31-43)57(59)60)54-32-34-23-26-63-27-24-34)46-19-14-38(30-51(46)64-42-17-20-47-39(28-42)22-25-53-47)36-12-15-41(16-13-36)56-33-40(35-6-2-1-3-7-35)29-49(56)45-9-5-4-8-44(45)37-10-11-37/h1-9,12-22,25,28,30-31,34,37,40,49,53-54H,10-11,23-24,26-27,29,32-33H2,(H,55,58). The van der Waals surface area contributed by atoms with E-state index >= 15 is 0 Å². The third kappa shape index (κ3) is 9.07. The normalized spacial score (nSPS) is 17.8. The Morgan fingerprint density at radius 3 is 2.32 bits per heavy atom. The molecule has 2 saturated heterocycles. The van der Waals surface area contributed by atoms with Gasteiger partial charge in [-0.2, -0.15) is 0 Å². The van der Waals surface area contributed by atoms with E-state index in [1.165, 1.54) is 41.7 Å². The molecule has 3 heterocycles. The predicted octanol–water partition coefficient (Wildman–Crippen LogP) is 11.1. The number of hydrogen-bond donors (Lipinski definition) is 3. The fourth-order valence-corrected chi connectivity index (χ4v) is 10.4. The summed E-state index contributed by atoms with van der Waals surface area (Å²) in [7, 11) is -4.57. The van der Waals surface area contributed by atoms with Gasteiger partial charge in [-0.3, -0.25) is 14.9 Å². The van der Waals surface area contributed by atoms with E-state index in [1.807, 2.05) is 24.4 Å². The molecule has 65 heavy (non-hydrogen) atoms. The van der Waals surface area contributed by atoms with Crippen molar-refractivity contribution < 1.29 is 27.6 Å². The SMILES string of the molecule is O=C(NS(=O)(=O)c1ccc(NCC2CCOCC2)c([N+](=O)[O-])c1)c1ccc(-c2ccc(N3CC(c4ccccc4)CC3c3ccccc3C3CC3)cc2)cc1Oc1ccc2[nH]ccc2c1. The van der Waals surface area contributed by atoms with Gasteiger partial charge in [-0.25, -0.2) is 13.1 Å². The maximum absolute atomic E-state index is 14.0. The largest absolute Gasteiger partial charge is 0.456 e. The van der Waals surface area contributed by atoms with Gasteiger partial charge in [-0.05, 0) is 132 Å². The number of benzene rings is 6. The second-order valence-electron chi connectivity index (χ2n) is 17.3. The monoisotopic (exact) mass is 887 g/mol. The number of amides is 1. The Balaban J connectivity index is 0.935. The lowest BCUT2D eigenvalue weighted by molar-refractivity contribution is -0.384. The lowest BCUT2D eigenvalue weighted by Gasteiger charge is -2.29. The van der Waals surface area contributed by atoms with Gasteiger partial charge >= 0.3 is 0 Å². The van der Waals surface area contributed by atoms with Gasteiger partial charge in [-0.1, -0.05) is 72.8 Å². The van der Waals surface area contributed by atoms with Crippen molar-refractivity contribution in [2.75, 3.05) is 36.5 Å². The summed E-state index contributed by atoms with van der Waals surface area (Å²) in [5.41, 5.74) is 7.61. The highest BCUT2D eigenvalue weighted by Gasteiger charge is 2.37. The van der Waals surface area contributed by atoms with Crippen LogP contribution in [0.25, 0.3) is 22.0 Å². The van der Waals surface area contributed by atoms with E-state index in [1.54, 1.807) is 24.3 Å². The summed E-state index contributed by atoms with van der Waals surface area (Å²) >= 11 is 0. The molecule has 10 rings (SSSR count). The topological polar surface area (TPSA) is 156 Å². The maximum Gasteiger partial charge on any atom is 0.293 e. The molecule has 2 aliphatic heterocycles. The number of nitro groups is 1. The van der Waals surface area contributed by atoms with Crippen molar-refractivity contribution in [2.24, 2.45) is 5.92 Å². The molecule has 2 unspecified atom stereocenters. The fraction of sp³-hybridized carbons (Fsp3) is 0.250. The van der Waals surface area contributed by atoms with E-state index in [2.05, 4.69) is 98.8 Å². The summed E-state index contributed by atoms with van der Waals surface area (Å²) in [5.74, 6) is 0.901. The Hall–Kier alpha value is -6.96. The molecule has 3 fully saturated rings. The van der Waals surface area contributed by atoms with Crippen LogP contribution in [0.4, 0.5) is 17.1 Å². The van der Waals surface area contributed by atoms with Crippen LogP contribution in [0.3, 0.4) is 0 Å². The molecule has 2 atom stereocenters. The van der Waals surface area contributed by atoms with E-state index in [4.69, 9.17) is 9.47 Å². The van der Waals surface area contributed by atoms with Gasteiger partial charge in [0, 0.05) is 61.1 Å². The van der Waals surface area contributed by atoms with Crippen molar-refractivity contribution in [3.05, 3.63) is 178 Å². The lowest BCUT2D eigenvalue weighted by atomic mass is 9.91. The molecule has 0 bridgehead atoms. The van der Waals surface area contributed by atoms with Crippen LogP contribution in [0.15, 0.2) is 151 Å². The summed E-state index contributed by atoms with van der Waals surface area (Å²) in [4.78, 5) is 30.8. The number of aromatic nitrogens is 1.